The van der Waals surface area contributed by atoms with Gasteiger partial charge in [-0.25, -0.2) is 4.98 Å². The van der Waals surface area contributed by atoms with Crippen LogP contribution in [-0.2, 0) is 0 Å². The summed E-state index contributed by atoms with van der Waals surface area (Å²) < 4.78 is 11.3. The van der Waals surface area contributed by atoms with Gasteiger partial charge in [0, 0.05) is 66.5 Å². The third kappa shape index (κ3) is 5.68. The molecule has 0 aliphatic rings. The molecule has 0 N–H and O–H groups in total. The van der Waals surface area contributed by atoms with E-state index < -0.39 is 0 Å². The second kappa shape index (κ2) is 14.5. The molecule has 0 fully saturated rings. The molecule has 5 nitrogen and oxygen atoms in total. The topological polar surface area (TPSA) is 39.1 Å². The maximum atomic E-state index is 6.55. The maximum absolute atomic E-state index is 6.55. The lowest BCUT2D eigenvalue weighted by Gasteiger charge is -2.26. The van der Waals surface area contributed by atoms with Crippen molar-refractivity contribution in [3.05, 3.63) is 231 Å². The van der Waals surface area contributed by atoms with Gasteiger partial charge in [0.05, 0.1) is 22.1 Å². The molecule has 3 aromatic heterocycles. The molecule has 0 aliphatic heterocycles. The molecule has 0 amide bonds. The Morgan fingerprint density at radius 3 is 1.77 bits per heavy atom. The van der Waals surface area contributed by atoms with E-state index in [9.17, 15) is 0 Å². The molecule has 300 valence electrons. The summed E-state index contributed by atoms with van der Waals surface area (Å²) in [4.78, 5) is 7.28. The zero-order valence-electron chi connectivity index (χ0n) is 34.6. The third-order valence-electron chi connectivity index (χ3n) is 12.7. The molecule has 10 aromatic carbocycles. The smallest absolute Gasteiger partial charge is 0.227 e. The van der Waals surface area contributed by atoms with Crippen molar-refractivity contribution in [2.75, 3.05) is 4.90 Å². The molecule has 0 saturated carbocycles. The monoisotopic (exact) mass is 818 g/mol. The van der Waals surface area contributed by atoms with E-state index in [4.69, 9.17) is 9.40 Å². The average molecular weight is 819 g/mol. The molecule has 0 radical (unpaired) electrons. The molecule has 0 aliphatic carbocycles. The van der Waals surface area contributed by atoms with Crippen molar-refractivity contribution in [3.8, 4) is 34.0 Å². The van der Waals surface area contributed by atoms with Gasteiger partial charge >= 0.3 is 0 Å². The number of hydrogen-bond acceptors (Lipinski definition) is 3. The number of hydrogen-bond donors (Lipinski definition) is 0. The van der Waals surface area contributed by atoms with Gasteiger partial charge in [-0.3, -0.25) is 0 Å². The Balaban J connectivity index is 1.01. The fourth-order valence-corrected chi connectivity index (χ4v) is 9.84. The minimum atomic E-state index is 0.611. The first-order chi connectivity index (χ1) is 31.7. The van der Waals surface area contributed by atoms with E-state index in [-0.39, 0.29) is 0 Å². The molecule has 0 spiro atoms. The van der Waals surface area contributed by atoms with Gasteiger partial charge < -0.3 is 18.5 Å². The van der Waals surface area contributed by atoms with Crippen LogP contribution in [0.25, 0.3) is 99.4 Å². The Morgan fingerprint density at radius 2 is 0.984 bits per heavy atom. The first-order valence-corrected chi connectivity index (χ1v) is 21.7. The average Bonchev–Trinajstić information content (AvgIpc) is 4.06. The van der Waals surface area contributed by atoms with Crippen LogP contribution in [0.15, 0.2) is 235 Å². The van der Waals surface area contributed by atoms with Gasteiger partial charge in [0.15, 0.2) is 5.58 Å². The highest BCUT2D eigenvalue weighted by Gasteiger charge is 2.21. The van der Waals surface area contributed by atoms with Crippen molar-refractivity contribution in [3.63, 3.8) is 0 Å². The zero-order valence-corrected chi connectivity index (χ0v) is 34.6. The molecule has 5 heteroatoms. The maximum Gasteiger partial charge on any atom is 0.227 e. The summed E-state index contributed by atoms with van der Waals surface area (Å²) in [7, 11) is 0. The van der Waals surface area contributed by atoms with Crippen LogP contribution in [0, 0.1) is 0 Å². The molecule has 0 saturated heterocycles. The standard InChI is InChI=1S/C59H38N4O/c1-3-16-40(17-4-1)59-60-53-26-14-25-48(58(53)64-59)41-18-13-21-45(37-41)61(43-30-32-44(33-31-43)62-54-27-11-9-23-49(54)50-24-10-12-28-55(50)62)46-34-36-56-52(38-46)51-35-29-39-15-7-8-22-47(39)57(51)63(56)42-19-5-2-6-20-42/h1-38H. The molecule has 0 unspecified atom stereocenters. The Labute approximate surface area is 368 Å². The number of aromatic nitrogens is 3. The first kappa shape index (κ1) is 36.0. The molecule has 13 aromatic rings. The van der Waals surface area contributed by atoms with E-state index in [1.165, 1.54) is 48.9 Å². The Bertz CT molecular complexity index is 3840. The second-order valence-electron chi connectivity index (χ2n) is 16.4. The van der Waals surface area contributed by atoms with Crippen molar-refractivity contribution in [1.29, 1.82) is 0 Å². The molecule has 0 bridgehead atoms. The number of para-hydroxylation sites is 4. The number of oxazole rings is 1. The van der Waals surface area contributed by atoms with Crippen LogP contribution < -0.4 is 4.90 Å². The van der Waals surface area contributed by atoms with E-state index >= 15 is 0 Å². The molecule has 3 heterocycles. The van der Waals surface area contributed by atoms with Crippen LogP contribution in [0.2, 0.25) is 0 Å². The second-order valence-corrected chi connectivity index (χ2v) is 16.4. The van der Waals surface area contributed by atoms with Crippen LogP contribution in [0.3, 0.4) is 0 Å². The molecule has 0 atom stereocenters. The Hall–Kier alpha value is -8.67. The zero-order chi connectivity index (χ0) is 42.1. The van der Waals surface area contributed by atoms with Crippen LogP contribution in [-0.4, -0.2) is 14.1 Å². The van der Waals surface area contributed by atoms with Crippen molar-refractivity contribution in [2.45, 2.75) is 0 Å². The van der Waals surface area contributed by atoms with Gasteiger partial charge in [-0.2, -0.15) is 0 Å². The van der Waals surface area contributed by atoms with Crippen molar-refractivity contribution in [1.82, 2.24) is 14.1 Å². The van der Waals surface area contributed by atoms with Crippen molar-refractivity contribution in [2.24, 2.45) is 0 Å². The number of benzene rings is 10. The Kier molecular flexibility index (Phi) is 8.15. The van der Waals surface area contributed by atoms with Gasteiger partial charge in [-0.1, -0.05) is 133 Å². The van der Waals surface area contributed by atoms with Crippen LogP contribution in [0.4, 0.5) is 17.1 Å². The van der Waals surface area contributed by atoms with Crippen molar-refractivity contribution >= 4 is 82.5 Å². The van der Waals surface area contributed by atoms with Gasteiger partial charge in [0.2, 0.25) is 5.89 Å². The molecule has 13 rings (SSSR count). The fraction of sp³-hybridized carbons (Fsp3) is 0. The normalized spacial score (nSPS) is 11.8. The van der Waals surface area contributed by atoms with E-state index in [2.05, 4.69) is 208 Å². The predicted molar refractivity (Wildman–Crippen MR) is 266 cm³/mol. The van der Waals surface area contributed by atoms with E-state index in [1.54, 1.807) is 0 Å². The van der Waals surface area contributed by atoms with Crippen LogP contribution >= 0.6 is 0 Å². The molecular weight excluding hydrogens is 781 g/mol. The van der Waals surface area contributed by atoms with Crippen LogP contribution in [0.5, 0.6) is 0 Å². The van der Waals surface area contributed by atoms with Gasteiger partial charge in [0.1, 0.15) is 5.52 Å². The SMILES string of the molecule is c1ccc(-c2nc3cccc(-c4cccc(N(c5ccc(-n6c7ccccc7c7ccccc76)cc5)c5ccc6c(c5)c5ccc7ccccc7c5n6-c5ccccc5)c4)c3o2)cc1. The fourth-order valence-electron chi connectivity index (χ4n) is 9.84. The lowest BCUT2D eigenvalue weighted by atomic mass is 10.0. The lowest BCUT2D eigenvalue weighted by molar-refractivity contribution is 0.621. The summed E-state index contributed by atoms with van der Waals surface area (Å²) in [6.45, 7) is 0. The first-order valence-electron chi connectivity index (χ1n) is 21.7. The molecular formula is C59H38N4O. The quantitative estimate of drug-likeness (QED) is 0.161. The largest absolute Gasteiger partial charge is 0.435 e. The number of anilines is 3. The van der Waals surface area contributed by atoms with Gasteiger partial charge in [-0.05, 0) is 108 Å². The summed E-state index contributed by atoms with van der Waals surface area (Å²) in [6, 6.07) is 82.3. The summed E-state index contributed by atoms with van der Waals surface area (Å²) in [5.41, 5.74) is 14.7. The summed E-state index contributed by atoms with van der Waals surface area (Å²) in [5, 5.41) is 7.33. The van der Waals surface area contributed by atoms with E-state index in [0.29, 0.717) is 5.89 Å². The minimum Gasteiger partial charge on any atom is -0.435 e. The lowest BCUT2D eigenvalue weighted by Crippen LogP contribution is -2.10. The molecule has 64 heavy (non-hydrogen) atoms. The highest BCUT2D eigenvalue weighted by Crippen LogP contribution is 2.43. The highest BCUT2D eigenvalue weighted by atomic mass is 16.3. The number of fused-ring (bicyclic) bond motifs is 9. The number of nitrogens with zero attached hydrogens (tertiary/aromatic N) is 4. The van der Waals surface area contributed by atoms with E-state index in [0.717, 1.165) is 61.7 Å². The van der Waals surface area contributed by atoms with Gasteiger partial charge in [0.25, 0.3) is 0 Å². The summed E-state index contributed by atoms with van der Waals surface area (Å²) in [6.07, 6.45) is 0. The Morgan fingerprint density at radius 1 is 0.375 bits per heavy atom. The van der Waals surface area contributed by atoms with Gasteiger partial charge in [-0.15, -0.1) is 0 Å². The third-order valence-corrected chi connectivity index (χ3v) is 12.7. The summed E-state index contributed by atoms with van der Waals surface area (Å²) >= 11 is 0. The predicted octanol–water partition coefficient (Wildman–Crippen LogP) is 16.0. The van der Waals surface area contributed by atoms with Crippen molar-refractivity contribution < 1.29 is 4.42 Å². The van der Waals surface area contributed by atoms with Crippen LogP contribution in [0.1, 0.15) is 0 Å². The summed E-state index contributed by atoms with van der Waals surface area (Å²) in [5.74, 6) is 0.611. The van der Waals surface area contributed by atoms with E-state index in [1.807, 2.05) is 36.4 Å². The minimum absolute atomic E-state index is 0.611. The number of rotatable bonds is 7. The highest BCUT2D eigenvalue weighted by molar-refractivity contribution is 6.19.